The van der Waals surface area contributed by atoms with E-state index in [0.717, 1.165) is 32.4 Å². The zero-order valence-corrected chi connectivity index (χ0v) is 33.1. The van der Waals surface area contributed by atoms with Crippen molar-refractivity contribution in [1.82, 2.24) is 20.4 Å². The van der Waals surface area contributed by atoms with Gasteiger partial charge < -0.3 is 68.7 Å². The van der Waals surface area contributed by atoms with E-state index in [0.29, 0.717) is 71.4 Å². The number of aliphatic hydroxyl groups is 3. The van der Waals surface area contributed by atoms with Crippen molar-refractivity contribution in [2.75, 3.05) is 130 Å². The van der Waals surface area contributed by atoms with Gasteiger partial charge in [-0.15, -0.1) is 0 Å². The summed E-state index contributed by atoms with van der Waals surface area (Å²) in [6.45, 7) is 11.7. The predicted molar refractivity (Wildman–Crippen MR) is 206 cm³/mol. The summed E-state index contributed by atoms with van der Waals surface area (Å²) in [5, 5.41) is 38.7. The third-order valence-electron chi connectivity index (χ3n) is 8.04. The van der Waals surface area contributed by atoms with Gasteiger partial charge in [0.2, 0.25) is 0 Å². The quantitative estimate of drug-likeness (QED) is 0.0396. The minimum atomic E-state index is -3.58. The van der Waals surface area contributed by atoms with Gasteiger partial charge in [-0.3, -0.25) is 14.0 Å². The van der Waals surface area contributed by atoms with E-state index in [2.05, 4.69) is 33.6 Å². The molecule has 0 saturated carbocycles. The van der Waals surface area contributed by atoms with Crippen molar-refractivity contribution in [3.8, 4) is 0 Å². The van der Waals surface area contributed by atoms with Crippen LogP contribution in [0.4, 0.5) is 0 Å². The largest absolute Gasteiger partial charge is 0.389 e. The van der Waals surface area contributed by atoms with E-state index in [1.54, 1.807) is 0 Å². The molecular weight excluding hydrogens is 711 g/mol. The monoisotopic (exact) mass is 785 g/mol. The normalized spacial score (nSPS) is 15.8. The van der Waals surface area contributed by atoms with Crippen LogP contribution in [0.3, 0.4) is 0 Å². The second kappa shape index (κ2) is 32.3. The molecule has 4 unspecified atom stereocenters. The first kappa shape index (κ1) is 51.0. The van der Waals surface area contributed by atoms with Crippen molar-refractivity contribution in [3.05, 3.63) is 0 Å². The number of hydrogen-bond acceptors (Lipinski definition) is 17. The van der Waals surface area contributed by atoms with Gasteiger partial charge in [-0.25, -0.2) is 0 Å². The Balaban J connectivity index is 4.92. The Labute approximate surface area is 310 Å². The third-order valence-corrected chi connectivity index (χ3v) is 10.2. The van der Waals surface area contributed by atoms with Gasteiger partial charge in [0, 0.05) is 103 Å². The lowest BCUT2D eigenvalue weighted by Crippen LogP contribution is -2.45. The van der Waals surface area contributed by atoms with E-state index >= 15 is 0 Å². The molecule has 0 aromatic carbocycles. The molecule has 51 heavy (non-hydrogen) atoms. The fourth-order valence-corrected chi connectivity index (χ4v) is 6.33. The van der Waals surface area contributed by atoms with Gasteiger partial charge in [-0.05, 0) is 25.2 Å². The Hall–Kier alpha value is 0.0200. The van der Waals surface area contributed by atoms with Crippen LogP contribution in [-0.4, -0.2) is 196 Å². The maximum absolute atomic E-state index is 10.7. The molecule has 0 bridgehead atoms. The molecular formula is C32H75N5O12S2. The lowest BCUT2D eigenvalue weighted by Gasteiger charge is -2.28. The van der Waals surface area contributed by atoms with E-state index in [1.165, 1.54) is 13.5 Å². The van der Waals surface area contributed by atoms with Crippen LogP contribution in [0.15, 0.2) is 0 Å². The molecule has 0 aliphatic carbocycles. The molecule has 0 heterocycles. The van der Waals surface area contributed by atoms with Gasteiger partial charge in [0.25, 0.3) is 0 Å². The number of unbranched alkanes of at least 4 members (excludes halogenated alkanes) is 1. The number of nitrogens with zero attached hydrogens (tertiary/aromatic N) is 2. The molecule has 0 aromatic rings. The van der Waals surface area contributed by atoms with Crippen LogP contribution < -0.4 is 16.4 Å². The molecule has 0 spiro atoms. The summed E-state index contributed by atoms with van der Waals surface area (Å²) >= 11 is 0. The maximum atomic E-state index is 10.7. The number of hydrogen-bond donors (Lipinski definition) is 11. The molecule has 0 aliphatic rings. The highest BCUT2D eigenvalue weighted by Gasteiger charge is 2.19. The minimum Gasteiger partial charge on any atom is -0.389 e. The van der Waals surface area contributed by atoms with Crippen LogP contribution in [-0.2, 0) is 18.4 Å². The highest BCUT2D eigenvalue weighted by atomic mass is 32.3. The summed E-state index contributed by atoms with van der Waals surface area (Å²) in [6.07, 6.45) is 2.76. The van der Waals surface area contributed by atoms with Crippen molar-refractivity contribution in [2.24, 2.45) is 11.7 Å². The second-order valence-corrected chi connectivity index (χ2v) is 16.6. The lowest BCUT2D eigenvalue weighted by molar-refractivity contribution is -0.00963. The number of ether oxygens (including phenoxy) is 3. The van der Waals surface area contributed by atoms with E-state index in [9.17, 15) is 24.4 Å². The van der Waals surface area contributed by atoms with Crippen LogP contribution in [0.5, 0.6) is 0 Å². The van der Waals surface area contributed by atoms with Gasteiger partial charge in [-0.1, -0.05) is 33.1 Å². The molecule has 0 rings (SSSR count). The first-order chi connectivity index (χ1) is 24.2. The predicted octanol–water partition coefficient (Wildman–Crippen LogP) is 1.39. The first-order valence-corrected chi connectivity index (χ1v) is 21.7. The fourth-order valence-electron chi connectivity index (χ4n) is 5.16. The summed E-state index contributed by atoms with van der Waals surface area (Å²) in [5.74, 6) is 0.344. The number of aliphatic hydroxyl groups excluding tert-OH is 3. The lowest BCUT2D eigenvalue weighted by atomic mass is 10.0. The van der Waals surface area contributed by atoms with Gasteiger partial charge >= 0.3 is 0 Å². The molecule has 0 fully saturated rings. The Morgan fingerprint density at radius 3 is 1.63 bits per heavy atom. The standard InChI is InChI=1S/C32H75N5O12S2/c1-4-6-9-29(5-2)25-49-28-30(38)22-36(15-12-34-11-10-33)16-13-35-14-17-37(23-31(39)26-47-18-7-20-50(41,42)43)24-32(40)27-48-19-8-21-51(44,45)46-3/h29-32,34-35,38-45H,4-28,33H2,1-3H3. The fraction of sp³-hybridized carbons (Fsp3) is 1.00. The summed E-state index contributed by atoms with van der Waals surface area (Å²) in [5.41, 5.74) is 5.61. The molecule has 0 amide bonds. The zero-order valence-electron chi connectivity index (χ0n) is 31.5. The average molecular weight is 786 g/mol. The smallest absolute Gasteiger partial charge is 0.0900 e. The van der Waals surface area contributed by atoms with E-state index in [-0.39, 0.29) is 57.4 Å². The molecule has 12 N–H and O–H groups in total. The zero-order chi connectivity index (χ0) is 38.4. The summed E-state index contributed by atoms with van der Waals surface area (Å²) < 4.78 is 67.9. The average Bonchev–Trinajstić information content (AvgIpc) is 3.06. The number of nitrogens with two attached hydrogens (primary N) is 1. The topological polar surface area (TPSA) is 255 Å². The molecule has 0 saturated heterocycles. The van der Waals surface area contributed by atoms with Crippen molar-refractivity contribution < 1.29 is 56.5 Å². The Morgan fingerprint density at radius 1 is 0.647 bits per heavy atom. The van der Waals surface area contributed by atoms with Crippen molar-refractivity contribution in [3.63, 3.8) is 0 Å². The second-order valence-electron chi connectivity index (χ2n) is 12.9. The van der Waals surface area contributed by atoms with E-state index in [1.807, 2.05) is 4.90 Å². The van der Waals surface area contributed by atoms with Crippen molar-refractivity contribution in [1.29, 1.82) is 0 Å². The van der Waals surface area contributed by atoms with Crippen LogP contribution in [0.25, 0.3) is 0 Å². The minimum absolute atomic E-state index is 0.00984. The molecule has 17 nitrogen and oxygen atoms in total. The van der Waals surface area contributed by atoms with Crippen LogP contribution in [0.2, 0.25) is 0 Å². The maximum Gasteiger partial charge on any atom is 0.0900 e. The Morgan fingerprint density at radius 2 is 1.14 bits per heavy atom. The molecule has 19 heteroatoms. The van der Waals surface area contributed by atoms with Gasteiger partial charge in [-0.2, -0.15) is 0 Å². The summed E-state index contributed by atoms with van der Waals surface area (Å²) in [7, 11) is -5.43. The van der Waals surface area contributed by atoms with Crippen molar-refractivity contribution in [2.45, 2.75) is 70.7 Å². The van der Waals surface area contributed by atoms with Crippen LogP contribution >= 0.6 is 21.7 Å². The summed E-state index contributed by atoms with van der Waals surface area (Å²) in [4.78, 5) is 4.07. The third kappa shape index (κ3) is 33.1. The molecule has 0 radical (unpaired) electrons. The molecule has 4 atom stereocenters. The van der Waals surface area contributed by atoms with Crippen LogP contribution in [0.1, 0.15) is 52.4 Å². The number of rotatable bonds is 38. The number of nitrogens with one attached hydrogen (secondary N) is 2. The molecule has 0 aliphatic heterocycles. The Kier molecular flexibility index (Phi) is 32.3. The van der Waals surface area contributed by atoms with E-state index in [4.69, 9.17) is 33.6 Å². The summed E-state index contributed by atoms with van der Waals surface area (Å²) in [6, 6.07) is 0. The molecule has 0 aromatic heterocycles. The van der Waals surface area contributed by atoms with Gasteiger partial charge in [0.05, 0.1) is 67.0 Å². The molecule has 312 valence electrons. The Bertz CT molecular complexity index is 783. The highest BCUT2D eigenvalue weighted by Crippen LogP contribution is 2.38. The van der Waals surface area contributed by atoms with Crippen molar-refractivity contribution >= 4 is 21.7 Å². The van der Waals surface area contributed by atoms with E-state index < -0.39 is 40.1 Å². The first-order valence-electron chi connectivity index (χ1n) is 18.4. The van der Waals surface area contributed by atoms with Gasteiger partial charge in [0.1, 0.15) is 0 Å². The highest BCUT2D eigenvalue weighted by molar-refractivity contribution is 8.20. The van der Waals surface area contributed by atoms with Gasteiger partial charge in [0.15, 0.2) is 0 Å². The SMILES string of the molecule is CCCCC(CC)COCC(O)CN(CCNCCN)CCNCCN(CC(O)COCCCS(O)(O)O)CC(O)COCCCS(O)(O)OC. The van der Waals surface area contributed by atoms with Crippen LogP contribution in [0, 0.1) is 5.92 Å².